The SMILES string of the molecule is COc1cccc([C@H](C)NC(=O)CCCCCN)c1. The Morgan fingerprint density at radius 1 is 1.37 bits per heavy atom. The third kappa shape index (κ3) is 5.75. The summed E-state index contributed by atoms with van der Waals surface area (Å²) in [5.74, 6) is 0.897. The van der Waals surface area contributed by atoms with Crippen LogP contribution >= 0.6 is 0 Å². The van der Waals surface area contributed by atoms with Crippen LogP contribution in [0.5, 0.6) is 5.75 Å². The normalized spacial score (nSPS) is 11.9. The largest absolute Gasteiger partial charge is 0.497 e. The Hall–Kier alpha value is -1.55. The molecule has 0 radical (unpaired) electrons. The Morgan fingerprint density at radius 3 is 2.84 bits per heavy atom. The van der Waals surface area contributed by atoms with E-state index in [4.69, 9.17) is 10.5 Å². The molecule has 0 saturated carbocycles. The second-order valence-corrected chi connectivity index (χ2v) is 4.67. The highest BCUT2D eigenvalue weighted by Gasteiger charge is 2.09. The molecule has 0 aliphatic rings. The molecule has 4 nitrogen and oxygen atoms in total. The minimum absolute atomic E-state index is 0.00268. The molecule has 106 valence electrons. The van der Waals surface area contributed by atoms with Gasteiger partial charge in [0.05, 0.1) is 13.2 Å². The number of hydrogen-bond donors (Lipinski definition) is 2. The lowest BCUT2D eigenvalue weighted by molar-refractivity contribution is -0.121. The minimum atomic E-state index is -0.00268. The summed E-state index contributed by atoms with van der Waals surface area (Å²) in [6.45, 7) is 2.67. The van der Waals surface area contributed by atoms with E-state index < -0.39 is 0 Å². The number of hydrogen-bond acceptors (Lipinski definition) is 3. The van der Waals surface area contributed by atoms with Crippen LogP contribution in [0.4, 0.5) is 0 Å². The predicted octanol–water partition coefficient (Wildman–Crippen LogP) is 2.39. The van der Waals surface area contributed by atoms with Crippen LogP contribution in [0, 0.1) is 0 Å². The number of benzene rings is 1. The molecule has 1 aromatic rings. The first-order chi connectivity index (χ1) is 9.17. The molecule has 0 aromatic heterocycles. The molecule has 0 fully saturated rings. The molecule has 1 rings (SSSR count). The van der Waals surface area contributed by atoms with Crippen molar-refractivity contribution < 1.29 is 9.53 Å². The number of amides is 1. The van der Waals surface area contributed by atoms with Gasteiger partial charge in [0.25, 0.3) is 0 Å². The molecule has 0 aliphatic carbocycles. The standard InChI is InChI=1S/C15H24N2O2/c1-12(13-7-6-8-14(11-13)19-2)17-15(18)9-4-3-5-10-16/h6-8,11-12H,3-5,9-10,16H2,1-2H3,(H,17,18)/t12-/m0/s1. The molecule has 0 heterocycles. The van der Waals surface area contributed by atoms with Crippen LogP contribution in [0.2, 0.25) is 0 Å². The topological polar surface area (TPSA) is 64.3 Å². The van der Waals surface area contributed by atoms with E-state index in [-0.39, 0.29) is 11.9 Å². The molecule has 0 unspecified atom stereocenters. The third-order valence-electron chi connectivity index (χ3n) is 3.08. The lowest BCUT2D eigenvalue weighted by Crippen LogP contribution is -2.26. The lowest BCUT2D eigenvalue weighted by Gasteiger charge is -2.15. The molecule has 3 N–H and O–H groups in total. The first-order valence-electron chi connectivity index (χ1n) is 6.80. The fraction of sp³-hybridized carbons (Fsp3) is 0.533. The van der Waals surface area contributed by atoms with E-state index in [1.165, 1.54) is 0 Å². The molecule has 19 heavy (non-hydrogen) atoms. The Balaban J connectivity index is 2.40. The summed E-state index contributed by atoms with van der Waals surface area (Å²) in [4.78, 5) is 11.8. The number of ether oxygens (including phenoxy) is 1. The highest BCUT2D eigenvalue weighted by atomic mass is 16.5. The predicted molar refractivity (Wildman–Crippen MR) is 77.1 cm³/mol. The Kier molecular flexibility index (Phi) is 6.97. The molecule has 1 aromatic carbocycles. The van der Waals surface area contributed by atoms with Gasteiger partial charge in [-0.15, -0.1) is 0 Å². The number of carbonyl (C=O) groups excluding carboxylic acids is 1. The van der Waals surface area contributed by atoms with Crippen LogP contribution in [0.3, 0.4) is 0 Å². The maximum absolute atomic E-state index is 11.8. The van der Waals surface area contributed by atoms with Crippen molar-refractivity contribution in [3.8, 4) is 5.75 Å². The fourth-order valence-corrected chi connectivity index (χ4v) is 1.91. The Morgan fingerprint density at radius 2 is 2.16 bits per heavy atom. The summed E-state index contributed by atoms with van der Waals surface area (Å²) in [7, 11) is 1.64. The average Bonchev–Trinajstić information content (AvgIpc) is 2.43. The van der Waals surface area contributed by atoms with Crippen molar-refractivity contribution in [3.63, 3.8) is 0 Å². The summed E-state index contributed by atoms with van der Waals surface area (Å²) < 4.78 is 5.18. The number of rotatable bonds is 8. The van der Waals surface area contributed by atoms with Gasteiger partial charge in [0, 0.05) is 6.42 Å². The molecule has 1 amide bonds. The second-order valence-electron chi connectivity index (χ2n) is 4.67. The number of carbonyl (C=O) groups is 1. The maximum atomic E-state index is 11.8. The van der Waals surface area contributed by atoms with Crippen LogP contribution < -0.4 is 15.8 Å². The molecular formula is C15H24N2O2. The highest BCUT2D eigenvalue weighted by Crippen LogP contribution is 2.18. The number of nitrogens with one attached hydrogen (secondary N) is 1. The van der Waals surface area contributed by atoms with Crippen LogP contribution in [0.15, 0.2) is 24.3 Å². The van der Waals surface area contributed by atoms with Gasteiger partial charge in [-0.2, -0.15) is 0 Å². The summed E-state index contributed by atoms with van der Waals surface area (Å²) in [5.41, 5.74) is 6.47. The monoisotopic (exact) mass is 264 g/mol. The molecule has 4 heteroatoms. The van der Waals surface area contributed by atoms with Crippen LogP contribution in [0.25, 0.3) is 0 Å². The fourth-order valence-electron chi connectivity index (χ4n) is 1.91. The first-order valence-corrected chi connectivity index (χ1v) is 6.80. The van der Waals surface area contributed by atoms with Gasteiger partial charge in [-0.25, -0.2) is 0 Å². The van der Waals surface area contributed by atoms with Gasteiger partial charge in [0.2, 0.25) is 5.91 Å². The summed E-state index contributed by atoms with van der Waals surface area (Å²) in [5, 5.41) is 3.00. The average molecular weight is 264 g/mol. The van der Waals surface area contributed by atoms with E-state index >= 15 is 0 Å². The van der Waals surface area contributed by atoms with Gasteiger partial charge in [0.15, 0.2) is 0 Å². The summed E-state index contributed by atoms with van der Waals surface area (Å²) >= 11 is 0. The maximum Gasteiger partial charge on any atom is 0.220 e. The Labute approximate surface area is 115 Å². The number of methoxy groups -OCH3 is 1. The quantitative estimate of drug-likeness (QED) is 0.709. The highest BCUT2D eigenvalue weighted by molar-refractivity contribution is 5.76. The minimum Gasteiger partial charge on any atom is -0.497 e. The van der Waals surface area contributed by atoms with Crippen LogP contribution in [0.1, 0.15) is 44.2 Å². The van der Waals surface area contributed by atoms with Crippen molar-refractivity contribution in [2.75, 3.05) is 13.7 Å². The van der Waals surface area contributed by atoms with Gasteiger partial charge in [-0.1, -0.05) is 18.6 Å². The van der Waals surface area contributed by atoms with E-state index in [0.717, 1.165) is 30.6 Å². The zero-order chi connectivity index (χ0) is 14.1. The summed E-state index contributed by atoms with van der Waals surface area (Å²) in [6, 6.07) is 7.75. The molecule has 0 spiro atoms. The van der Waals surface area contributed by atoms with Crippen molar-refractivity contribution in [2.24, 2.45) is 5.73 Å². The van der Waals surface area contributed by atoms with Crippen molar-refractivity contribution in [1.29, 1.82) is 0 Å². The number of nitrogens with two attached hydrogens (primary N) is 1. The zero-order valence-electron chi connectivity index (χ0n) is 11.8. The number of unbranched alkanes of at least 4 members (excludes halogenated alkanes) is 2. The van der Waals surface area contributed by atoms with E-state index in [0.29, 0.717) is 13.0 Å². The molecule has 0 bridgehead atoms. The van der Waals surface area contributed by atoms with Gasteiger partial charge in [0.1, 0.15) is 5.75 Å². The smallest absolute Gasteiger partial charge is 0.220 e. The molecule has 0 saturated heterocycles. The van der Waals surface area contributed by atoms with Crippen LogP contribution in [-0.2, 0) is 4.79 Å². The van der Waals surface area contributed by atoms with Gasteiger partial charge in [-0.3, -0.25) is 4.79 Å². The van der Waals surface area contributed by atoms with Crippen molar-refractivity contribution in [2.45, 2.75) is 38.6 Å². The lowest BCUT2D eigenvalue weighted by atomic mass is 10.1. The Bertz CT molecular complexity index is 393. The zero-order valence-corrected chi connectivity index (χ0v) is 11.8. The van der Waals surface area contributed by atoms with Gasteiger partial charge in [-0.05, 0) is 44.0 Å². The van der Waals surface area contributed by atoms with E-state index in [9.17, 15) is 4.79 Å². The molecule has 0 aliphatic heterocycles. The van der Waals surface area contributed by atoms with Crippen LogP contribution in [-0.4, -0.2) is 19.6 Å². The summed E-state index contributed by atoms with van der Waals surface area (Å²) in [6.07, 6.45) is 3.46. The van der Waals surface area contributed by atoms with Crippen molar-refractivity contribution in [1.82, 2.24) is 5.32 Å². The van der Waals surface area contributed by atoms with E-state index in [1.807, 2.05) is 31.2 Å². The first kappa shape index (κ1) is 15.5. The van der Waals surface area contributed by atoms with E-state index in [1.54, 1.807) is 7.11 Å². The second kappa shape index (κ2) is 8.53. The van der Waals surface area contributed by atoms with Gasteiger partial charge >= 0.3 is 0 Å². The van der Waals surface area contributed by atoms with Crippen molar-refractivity contribution in [3.05, 3.63) is 29.8 Å². The molecule has 1 atom stereocenters. The van der Waals surface area contributed by atoms with Crippen molar-refractivity contribution >= 4 is 5.91 Å². The van der Waals surface area contributed by atoms with E-state index in [2.05, 4.69) is 5.32 Å². The third-order valence-corrected chi connectivity index (χ3v) is 3.08. The van der Waals surface area contributed by atoms with Gasteiger partial charge < -0.3 is 15.8 Å². The molecular weight excluding hydrogens is 240 g/mol.